The lowest BCUT2D eigenvalue weighted by molar-refractivity contribution is 0.0966. The number of hydrogen-bond donors (Lipinski definition) is 2. The number of urea groups is 1. The Morgan fingerprint density at radius 2 is 2.07 bits per heavy atom. The summed E-state index contributed by atoms with van der Waals surface area (Å²) >= 11 is 8.96. The molecule has 0 spiro atoms. The average molecular weight is 278 g/mol. The fourth-order valence-corrected chi connectivity index (χ4v) is 1.44. The number of imide groups is 1. The second-order valence-electron chi connectivity index (χ2n) is 2.42. The zero-order chi connectivity index (χ0) is 10.7. The van der Waals surface area contributed by atoms with Gasteiger partial charge < -0.3 is 5.73 Å². The molecule has 0 aromatic heterocycles. The third-order valence-electron chi connectivity index (χ3n) is 1.43. The van der Waals surface area contributed by atoms with Crippen molar-refractivity contribution in [3.8, 4) is 0 Å². The number of rotatable bonds is 1. The van der Waals surface area contributed by atoms with Crippen LogP contribution in [-0.2, 0) is 0 Å². The van der Waals surface area contributed by atoms with Gasteiger partial charge in [0.25, 0.3) is 5.91 Å². The maximum Gasteiger partial charge on any atom is 0.319 e. The summed E-state index contributed by atoms with van der Waals surface area (Å²) in [6.45, 7) is 0. The summed E-state index contributed by atoms with van der Waals surface area (Å²) in [5, 5.41) is 2.16. The minimum atomic E-state index is -0.911. The number of hydrogen-bond acceptors (Lipinski definition) is 2. The van der Waals surface area contributed by atoms with Gasteiger partial charge in [-0.05, 0) is 28.1 Å². The molecular weight excluding hydrogens is 271 g/mol. The van der Waals surface area contributed by atoms with Crippen molar-refractivity contribution in [3.05, 3.63) is 33.3 Å². The van der Waals surface area contributed by atoms with E-state index >= 15 is 0 Å². The number of halogens is 2. The first-order valence-corrected chi connectivity index (χ1v) is 4.74. The van der Waals surface area contributed by atoms with Crippen LogP contribution < -0.4 is 11.1 Å². The van der Waals surface area contributed by atoms with Gasteiger partial charge in [-0.2, -0.15) is 0 Å². The molecule has 0 radical (unpaired) electrons. The molecule has 4 nitrogen and oxygen atoms in total. The molecule has 0 fully saturated rings. The predicted molar refractivity (Wildman–Crippen MR) is 56.2 cm³/mol. The van der Waals surface area contributed by atoms with Crippen LogP contribution in [0.5, 0.6) is 0 Å². The van der Waals surface area contributed by atoms with Crippen molar-refractivity contribution in [3.63, 3.8) is 0 Å². The van der Waals surface area contributed by atoms with Crippen LogP contribution in [-0.4, -0.2) is 11.9 Å². The molecule has 3 amide bonds. The summed E-state index contributed by atoms with van der Waals surface area (Å²) in [5.41, 5.74) is 4.99. The predicted octanol–water partition coefficient (Wildman–Crippen LogP) is 1.91. The van der Waals surface area contributed by atoms with Gasteiger partial charge in [-0.15, -0.1) is 0 Å². The fraction of sp³-hybridized carbons (Fsp3) is 0. The van der Waals surface area contributed by atoms with Gasteiger partial charge in [0, 0.05) is 4.47 Å². The van der Waals surface area contributed by atoms with Gasteiger partial charge >= 0.3 is 6.03 Å². The van der Waals surface area contributed by atoms with E-state index in [9.17, 15) is 9.59 Å². The van der Waals surface area contributed by atoms with Crippen molar-refractivity contribution >= 4 is 39.5 Å². The van der Waals surface area contributed by atoms with Gasteiger partial charge in [-0.3, -0.25) is 10.1 Å². The summed E-state index contributed by atoms with van der Waals surface area (Å²) in [4.78, 5) is 21.7. The normalized spacial score (nSPS) is 9.57. The molecule has 0 bridgehead atoms. The summed E-state index contributed by atoms with van der Waals surface area (Å²) < 4.78 is 0.580. The van der Waals surface area contributed by atoms with E-state index in [4.69, 9.17) is 17.3 Å². The number of amides is 3. The highest BCUT2D eigenvalue weighted by molar-refractivity contribution is 9.10. The van der Waals surface area contributed by atoms with E-state index in [1.54, 1.807) is 12.1 Å². The highest BCUT2D eigenvalue weighted by Gasteiger charge is 2.13. The van der Waals surface area contributed by atoms with Crippen molar-refractivity contribution in [2.24, 2.45) is 5.73 Å². The topological polar surface area (TPSA) is 72.2 Å². The number of primary amides is 1. The zero-order valence-corrected chi connectivity index (χ0v) is 9.22. The quantitative estimate of drug-likeness (QED) is 0.823. The molecule has 0 aliphatic rings. The van der Waals surface area contributed by atoms with E-state index in [2.05, 4.69) is 15.9 Å². The van der Waals surface area contributed by atoms with Gasteiger partial charge in [0.2, 0.25) is 0 Å². The Labute approximate surface area is 93.5 Å². The minimum absolute atomic E-state index is 0.194. The second kappa shape index (κ2) is 4.43. The molecule has 0 saturated carbocycles. The first-order valence-electron chi connectivity index (χ1n) is 3.57. The number of carbonyl (C=O) groups excluding carboxylic acids is 2. The first kappa shape index (κ1) is 11.0. The molecular formula is C8H6BrClN2O2. The summed E-state index contributed by atoms with van der Waals surface area (Å²) in [6.07, 6.45) is 0. The number of carbonyl (C=O) groups is 2. The van der Waals surface area contributed by atoms with Gasteiger partial charge in [0.15, 0.2) is 0 Å². The summed E-state index contributed by atoms with van der Waals surface area (Å²) in [5.74, 6) is -0.621. The Hall–Kier alpha value is -1.07. The van der Waals surface area contributed by atoms with Crippen LogP contribution in [0.4, 0.5) is 4.79 Å². The molecule has 14 heavy (non-hydrogen) atoms. The van der Waals surface area contributed by atoms with Crippen LogP contribution >= 0.6 is 27.5 Å². The van der Waals surface area contributed by atoms with Crippen LogP contribution in [0, 0.1) is 0 Å². The second-order valence-corrected chi connectivity index (χ2v) is 3.65. The van der Waals surface area contributed by atoms with E-state index < -0.39 is 11.9 Å². The summed E-state index contributed by atoms with van der Waals surface area (Å²) in [7, 11) is 0. The Morgan fingerprint density at radius 1 is 1.43 bits per heavy atom. The van der Waals surface area contributed by atoms with Crippen molar-refractivity contribution in [2.75, 3.05) is 0 Å². The van der Waals surface area contributed by atoms with Crippen LogP contribution in [0.15, 0.2) is 22.7 Å². The highest BCUT2D eigenvalue weighted by Crippen LogP contribution is 2.25. The lowest BCUT2D eigenvalue weighted by Crippen LogP contribution is -2.35. The number of benzene rings is 1. The first-order chi connectivity index (χ1) is 6.52. The lowest BCUT2D eigenvalue weighted by Gasteiger charge is -2.04. The molecule has 0 aliphatic heterocycles. The monoisotopic (exact) mass is 276 g/mol. The van der Waals surface area contributed by atoms with Gasteiger partial charge in [-0.25, -0.2) is 4.79 Å². The SMILES string of the molecule is NC(=O)NC(=O)c1cccc(Br)c1Cl. The zero-order valence-electron chi connectivity index (χ0n) is 6.88. The number of nitrogens with one attached hydrogen (secondary N) is 1. The molecule has 0 heterocycles. The van der Waals surface area contributed by atoms with Crippen LogP contribution in [0.25, 0.3) is 0 Å². The van der Waals surface area contributed by atoms with Crippen LogP contribution in [0.1, 0.15) is 10.4 Å². The fourth-order valence-electron chi connectivity index (χ4n) is 0.858. The number of nitrogens with two attached hydrogens (primary N) is 1. The Morgan fingerprint density at radius 3 is 2.64 bits per heavy atom. The molecule has 0 aliphatic carbocycles. The minimum Gasteiger partial charge on any atom is -0.351 e. The van der Waals surface area contributed by atoms with Crippen molar-refractivity contribution < 1.29 is 9.59 Å². The Bertz CT molecular complexity index is 395. The maximum atomic E-state index is 11.3. The molecule has 0 saturated heterocycles. The van der Waals surface area contributed by atoms with E-state index in [0.29, 0.717) is 4.47 Å². The van der Waals surface area contributed by atoms with Crippen molar-refractivity contribution in [2.45, 2.75) is 0 Å². The Kier molecular flexibility index (Phi) is 3.49. The van der Waals surface area contributed by atoms with Crippen LogP contribution in [0.3, 0.4) is 0 Å². The van der Waals surface area contributed by atoms with E-state index in [0.717, 1.165) is 0 Å². The van der Waals surface area contributed by atoms with Crippen molar-refractivity contribution in [1.29, 1.82) is 0 Å². The molecule has 1 rings (SSSR count). The Balaban J connectivity index is 3.01. The molecule has 6 heteroatoms. The largest absolute Gasteiger partial charge is 0.351 e. The lowest BCUT2D eigenvalue weighted by atomic mass is 10.2. The van der Waals surface area contributed by atoms with Gasteiger partial charge in [0.1, 0.15) is 0 Å². The van der Waals surface area contributed by atoms with E-state index in [1.165, 1.54) is 6.07 Å². The summed E-state index contributed by atoms with van der Waals surface area (Å²) in [6, 6.07) is 3.90. The molecule has 74 valence electrons. The van der Waals surface area contributed by atoms with E-state index in [1.807, 2.05) is 5.32 Å². The smallest absolute Gasteiger partial charge is 0.319 e. The standard InChI is InChI=1S/C8H6BrClN2O2/c9-5-3-1-2-4(6(5)10)7(13)12-8(11)14/h1-3H,(H3,11,12,13,14). The maximum absolute atomic E-state index is 11.3. The van der Waals surface area contributed by atoms with Gasteiger partial charge in [-0.1, -0.05) is 17.7 Å². The highest BCUT2D eigenvalue weighted by atomic mass is 79.9. The molecule has 0 unspecified atom stereocenters. The van der Waals surface area contributed by atoms with Gasteiger partial charge in [0.05, 0.1) is 10.6 Å². The van der Waals surface area contributed by atoms with Crippen molar-refractivity contribution in [1.82, 2.24) is 5.32 Å². The molecule has 1 aromatic rings. The van der Waals surface area contributed by atoms with Crippen LogP contribution in [0.2, 0.25) is 5.02 Å². The third kappa shape index (κ3) is 2.46. The third-order valence-corrected chi connectivity index (χ3v) is 2.73. The van der Waals surface area contributed by atoms with E-state index in [-0.39, 0.29) is 10.6 Å². The molecule has 0 atom stereocenters. The molecule has 1 aromatic carbocycles. The molecule has 3 N–H and O–H groups in total. The average Bonchev–Trinajstić information content (AvgIpc) is 2.08.